The molecule has 3 heteroatoms. The Bertz CT molecular complexity index is 713. The van der Waals surface area contributed by atoms with E-state index in [-0.39, 0.29) is 11.8 Å². The Kier molecular flexibility index (Phi) is 2.30. The first-order valence-corrected chi connectivity index (χ1v) is 6.85. The molecule has 3 nitrogen and oxygen atoms in total. The number of imide groups is 1. The van der Waals surface area contributed by atoms with Gasteiger partial charge in [0.15, 0.2) is 0 Å². The highest BCUT2D eigenvalue weighted by Gasteiger charge is 2.36. The summed E-state index contributed by atoms with van der Waals surface area (Å²) in [7, 11) is 0. The minimum atomic E-state index is -0.219. The minimum Gasteiger partial charge on any atom is -0.268 e. The lowest BCUT2D eigenvalue weighted by atomic mass is 10.1. The molecule has 0 spiro atoms. The molecule has 2 amide bonds. The minimum absolute atomic E-state index is 0.219. The maximum Gasteiger partial charge on any atom is 0.266 e. The van der Waals surface area contributed by atoms with Crippen molar-refractivity contribution in [2.75, 3.05) is 4.90 Å². The zero-order valence-corrected chi connectivity index (χ0v) is 10.9. The molecule has 4 rings (SSSR count). The summed E-state index contributed by atoms with van der Waals surface area (Å²) in [4.78, 5) is 26.1. The lowest BCUT2D eigenvalue weighted by Crippen LogP contribution is -2.29. The average molecular weight is 263 g/mol. The first-order valence-electron chi connectivity index (χ1n) is 6.85. The molecule has 0 N–H and O–H groups in total. The van der Waals surface area contributed by atoms with Crippen molar-refractivity contribution in [2.45, 2.75) is 19.3 Å². The van der Waals surface area contributed by atoms with Crippen molar-refractivity contribution in [1.29, 1.82) is 0 Å². The normalized spacial score (nSPS) is 16.5. The van der Waals surface area contributed by atoms with Crippen molar-refractivity contribution in [3.63, 3.8) is 0 Å². The molecule has 98 valence electrons. The second kappa shape index (κ2) is 4.04. The van der Waals surface area contributed by atoms with Gasteiger partial charge in [0, 0.05) is 0 Å². The van der Waals surface area contributed by atoms with E-state index in [1.54, 1.807) is 24.3 Å². The third kappa shape index (κ3) is 1.46. The van der Waals surface area contributed by atoms with E-state index in [1.807, 2.05) is 18.2 Å². The van der Waals surface area contributed by atoms with Crippen LogP contribution in [0.25, 0.3) is 0 Å². The molecular formula is C17H13NO2. The lowest BCUT2D eigenvalue weighted by Gasteiger charge is -2.15. The van der Waals surface area contributed by atoms with Crippen LogP contribution < -0.4 is 4.90 Å². The van der Waals surface area contributed by atoms with Gasteiger partial charge < -0.3 is 0 Å². The Labute approximate surface area is 116 Å². The number of fused-ring (bicyclic) bond motifs is 2. The van der Waals surface area contributed by atoms with Crippen LogP contribution in [0.1, 0.15) is 38.3 Å². The van der Waals surface area contributed by atoms with Crippen molar-refractivity contribution in [2.24, 2.45) is 0 Å². The van der Waals surface area contributed by atoms with Crippen LogP contribution in [0.5, 0.6) is 0 Å². The fraction of sp³-hybridized carbons (Fsp3) is 0.176. The number of anilines is 1. The molecule has 0 unspecified atom stereocenters. The summed E-state index contributed by atoms with van der Waals surface area (Å²) in [6, 6.07) is 12.9. The highest BCUT2D eigenvalue weighted by molar-refractivity contribution is 6.34. The van der Waals surface area contributed by atoms with Crippen LogP contribution in [-0.2, 0) is 12.8 Å². The van der Waals surface area contributed by atoms with Crippen molar-refractivity contribution in [1.82, 2.24) is 0 Å². The van der Waals surface area contributed by atoms with E-state index in [4.69, 9.17) is 0 Å². The zero-order valence-electron chi connectivity index (χ0n) is 10.9. The molecule has 0 saturated carbocycles. The molecule has 0 bridgehead atoms. The number of hydrogen-bond acceptors (Lipinski definition) is 2. The highest BCUT2D eigenvalue weighted by Crippen LogP contribution is 2.32. The van der Waals surface area contributed by atoms with Crippen molar-refractivity contribution >= 4 is 17.5 Å². The van der Waals surface area contributed by atoms with Gasteiger partial charge in [-0.15, -0.1) is 0 Å². The van der Waals surface area contributed by atoms with Crippen LogP contribution in [0.15, 0.2) is 42.5 Å². The second-order valence-corrected chi connectivity index (χ2v) is 5.30. The number of carbonyl (C=O) groups excluding carboxylic acids is 2. The fourth-order valence-corrected chi connectivity index (χ4v) is 3.12. The predicted molar refractivity (Wildman–Crippen MR) is 76.0 cm³/mol. The highest BCUT2D eigenvalue weighted by atomic mass is 16.2. The number of benzene rings is 2. The van der Waals surface area contributed by atoms with Crippen LogP contribution in [0.4, 0.5) is 5.69 Å². The van der Waals surface area contributed by atoms with E-state index in [9.17, 15) is 9.59 Å². The number of amides is 2. The third-order valence-corrected chi connectivity index (χ3v) is 4.13. The van der Waals surface area contributed by atoms with Crippen molar-refractivity contribution in [3.8, 4) is 0 Å². The van der Waals surface area contributed by atoms with Gasteiger partial charge in [0.2, 0.25) is 0 Å². The number of aryl methyl sites for hydroxylation is 2. The third-order valence-electron chi connectivity index (χ3n) is 4.13. The van der Waals surface area contributed by atoms with E-state index in [0.717, 1.165) is 19.3 Å². The Morgan fingerprint density at radius 2 is 1.45 bits per heavy atom. The summed E-state index contributed by atoms with van der Waals surface area (Å²) in [5, 5.41) is 0. The standard InChI is InChI=1S/C17H13NO2/c19-16-14-6-1-2-7-15(14)17(20)18(16)13-9-8-11-4-3-5-12(11)10-13/h1-2,6-10H,3-5H2. The fourth-order valence-electron chi connectivity index (χ4n) is 3.12. The van der Waals surface area contributed by atoms with E-state index < -0.39 is 0 Å². The van der Waals surface area contributed by atoms with Crippen molar-refractivity contribution < 1.29 is 9.59 Å². The maximum atomic E-state index is 12.4. The Morgan fingerprint density at radius 1 is 0.800 bits per heavy atom. The predicted octanol–water partition coefficient (Wildman–Crippen LogP) is 2.98. The van der Waals surface area contributed by atoms with Gasteiger partial charge in [-0.3, -0.25) is 9.59 Å². The first kappa shape index (κ1) is 11.4. The molecule has 0 saturated heterocycles. The molecule has 1 aliphatic carbocycles. The van der Waals surface area contributed by atoms with Gasteiger partial charge >= 0.3 is 0 Å². The molecule has 2 aliphatic rings. The molecule has 0 radical (unpaired) electrons. The van der Waals surface area contributed by atoms with Crippen LogP contribution in [-0.4, -0.2) is 11.8 Å². The molecule has 1 heterocycles. The van der Waals surface area contributed by atoms with Gasteiger partial charge in [-0.1, -0.05) is 18.2 Å². The van der Waals surface area contributed by atoms with Gasteiger partial charge in [0.1, 0.15) is 0 Å². The van der Waals surface area contributed by atoms with Crippen LogP contribution >= 0.6 is 0 Å². The van der Waals surface area contributed by atoms with E-state index in [1.165, 1.54) is 16.0 Å². The smallest absolute Gasteiger partial charge is 0.266 e. The quantitative estimate of drug-likeness (QED) is 0.742. The molecule has 0 aromatic heterocycles. The SMILES string of the molecule is O=C1c2ccccc2C(=O)N1c1ccc2c(c1)CCC2. The van der Waals surface area contributed by atoms with Crippen molar-refractivity contribution in [3.05, 3.63) is 64.7 Å². The van der Waals surface area contributed by atoms with Gasteiger partial charge in [-0.05, 0) is 54.7 Å². The Balaban J connectivity index is 1.81. The Morgan fingerprint density at radius 3 is 2.15 bits per heavy atom. The lowest BCUT2D eigenvalue weighted by molar-refractivity contribution is 0.0926. The molecular weight excluding hydrogens is 250 g/mol. The van der Waals surface area contributed by atoms with E-state index >= 15 is 0 Å². The van der Waals surface area contributed by atoms with Crippen LogP contribution in [0.2, 0.25) is 0 Å². The molecule has 0 fully saturated rings. The summed E-state index contributed by atoms with van der Waals surface area (Å²) in [5.41, 5.74) is 4.29. The van der Waals surface area contributed by atoms with Gasteiger partial charge in [0.25, 0.3) is 11.8 Å². The van der Waals surface area contributed by atoms with Crippen LogP contribution in [0, 0.1) is 0 Å². The molecule has 1 aliphatic heterocycles. The van der Waals surface area contributed by atoms with Gasteiger partial charge in [0.05, 0.1) is 16.8 Å². The largest absolute Gasteiger partial charge is 0.268 e. The molecule has 2 aromatic rings. The number of hydrogen-bond donors (Lipinski definition) is 0. The topological polar surface area (TPSA) is 37.4 Å². The van der Waals surface area contributed by atoms with Gasteiger partial charge in [-0.25, -0.2) is 4.90 Å². The number of nitrogens with zero attached hydrogens (tertiary/aromatic N) is 1. The van der Waals surface area contributed by atoms with Crippen LogP contribution in [0.3, 0.4) is 0 Å². The summed E-state index contributed by atoms with van der Waals surface area (Å²) in [6.07, 6.45) is 3.28. The first-order chi connectivity index (χ1) is 9.75. The maximum absolute atomic E-state index is 12.4. The second-order valence-electron chi connectivity index (χ2n) is 5.30. The number of carbonyl (C=O) groups is 2. The number of rotatable bonds is 1. The average Bonchev–Trinajstić information content (AvgIpc) is 3.03. The summed E-state index contributed by atoms with van der Waals surface area (Å²) < 4.78 is 0. The molecule has 0 atom stereocenters. The molecule has 2 aromatic carbocycles. The summed E-state index contributed by atoms with van der Waals surface area (Å²) in [6.45, 7) is 0. The molecule has 20 heavy (non-hydrogen) atoms. The summed E-state index contributed by atoms with van der Waals surface area (Å²) in [5.74, 6) is -0.438. The summed E-state index contributed by atoms with van der Waals surface area (Å²) >= 11 is 0. The monoisotopic (exact) mass is 263 g/mol. The zero-order chi connectivity index (χ0) is 13.7. The van der Waals surface area contributed by atoms with E-state index in [2.05, 4.69) is 0 Å². The van der Waals surface area contributed by atoms with Gasteiger partial charge in [-0.2, -0.15) is 0 Å². The Hall–Kier alpha value is -2.42. The van der Waals surface area contributed by atoms with E-state index in [0.29, 0.717) is 16.8 Å².